The van der Waals surface area contributed by atoms with Crippen molar-refractivity contribution in [2.45, 2.75) is 12.5 Å². The maximum atomic E-state index is 12.9. The van der Waals surface area contributed by atoms with E-state index in [1.165, 1.54) is 24.3 Å². The lowest BCUT2D eigenvalue weighted by Gasteiger charge is -2.22. The van der Waals surface area contributed by atoms with E-state index in [9.17, 15) is 20.2 Å². The lowest BCUT2D eigenvalue weighted by atomic mass is 9.82. The van der Waals surface area contributed by atoms with Crippen molar-refractivity contribution in [3.8, 4) is 0 Å². The zero-order valence-corrected chi connectivity index (χ0v) is 13.0. The predicted molar refractivity (Wildman–Crippen MR) is 86.4 cm³/mol. The van der Waals surface area contributed by atoms with Gasteiger partial charge in [0.05, 0.1) is 6.61 Å². The first kappa shape index (κ1) is 17.3. The fourth-order valence-corrected chi connectivity index (χ4v) is 2.31. The molecule has 2 rings (SSSR count). The van der Waals surface area contributed by atoms with Crippen molar-refractivity contribution in [2.75, 3.05) is 6.61 Å². The molecule has 6 heteroatoms. The van der Waals surface area contributed by atoms with Gasteiger partial charge >= 0.3 is 11.7 Å². The van der Waals surface area contributed by atoms with E-state index in [0.29, 0.717) is 0 Å². The van der Waals surface area contributed by atoms with Crippen LogP contribution in [0.2, 0.25) is 0 Å². The number of benzene rings is 2. The first-order valence-corrected chi connectivity index (χ1v) is 7.33. The average molecular weight is 324 g/mol. The third kappa shape index (κ3) is 3.15. The highest BCUT2D eigenvalue weighted by atomic mass is 16.5. The van der Waals surface area contributed by atoms with Gasteiger partial charge in [-0.05, 0) is 6.92 Å². The normalized spacial score (nSPS) is 12.6. The Morgan fingerprint density at radius 2 is 1.62 bits per heavy atom. The summed E-state index contributed by atoms with van der Waals surface area (Å²) in [6.45, 7) is 1.57. The summed E-state index contributed by atoms with van der Waals surface area (Å²) < 4.78 is 4.81. The molecule has 0 aliphatic rings. The number of Topliss-reactive ketones (excluding diaryl/α,β-unsaturated/α-hetero) is 1. The van der Waals surface area contributed by atoms with Crippen molar-refractivity contribution < 1.29 is 24.2 Å². The lowest BCUT2D eigenvalue weighted by Crippen LogP contribution is -2.48. The Hall–Kier alpha value is -3.08. The van der Waals surface area contributed by atoms with Gasteiger partial charge in [0.25, 0.3) is 5.60 Å². The molecule has 0 spiro atoms. The molecule has 2 aromatic rings. The summed E-state index contributed by atoms with van der Waals surface area (Å²) in [5.74, 6) is -1.87. The first-order valence-electron chi connectivity index (χ1n) is 7.33. The molecule has 0 aliphatic heterocycles. The molecule has 0 heterocycles. The third-order valence-corrected chi connectivity index (χ3v) is 3.47. The molecule has 6 nitrogen and oxygen atoms in total. The summed E-state index contributed by atoms with van der Waals surface area (Å²) in [6.07, 6.45) is 0. The van der Waals surface area contributed by atoms with Gasteiger partial charge in [-0.2, -0.15) is 4.79 Å². The summed E-state index contributed by atoms with van der Waals surface area (Å²) in [6, 6.07) is 15.8. The SMILES string of the molecule is CCOC(=O)C(=[N+]=[N-])C(O)(C(=O)c1ccccc1)c1ccccc1. The van der Waals surface area contributed by atoms with Gasteiger partial charge in [0.2, 0.25) is 5.78 Å². The Bertz CT molecular complexity index is 783. The summed E-state index contributed by atoms with van der Waals surface area (Å²) >= 11 is 0. The van der Waals surface area contributed by atoms with Crippen LogP contribution in [0, 0.1) is 0 Å². The first-order chi connectivity index (χ1) is 11.6. The second kappa shape index (κ2) is 7.46. The van der Waals surface area contributed by atoms with Crippen molar-refractivity contribution >= 4 is 17.5 Å². The largest absolute Gasteiger partial charge is 0.457 e. The van der Waals surface area contributed by atoms with Crippen LogP contribution in [-0.4, -0.2) is 34.0 Å². The molecule has 1 atom stereocenters. The van der Waals surface area contributed by atoms with Crippen LogP contribution in [-0.2, 0) is 15.1 Å². The number of nitrogens with zero attached hydrogens (tertiary/aromatic N) is 2. The topological polar surface area (TPSA) is 100 Å². The second-order valence-electron chi connectivity index (χ2n) is 4.94. The van der Waals surface area contributed by atoms with Gasteiger partial charge in [0, 0.05) is 11.1 Å². The Morgan fingerprint density at radius 3 is 2.12 bits per heavy atom. The quantitative estimate of drug-likeness (QED) is 0.289. The minimum absolute atomic E-state index is 0.00223. The Labute approximate surface area is 138 Å². The predicted octanol–water partition coefficient (Wildman–Crippen LogP) is 1.99. The highest BCUT2D eigenvalue weighted by Crippen LogP contribution is 2.27. The van der Waals surface area contributed by atoms with Crippen molar-refractivity contribution in [2.24, 2.45) is 0 Å². The van der Waals surface area contributed by atoms with E-state index in [1.807, 2.05) is 0 Å². The van der Waals surface area contributed by atoms with Crippen LogP contribution in [0.5, 0.6) is 0 Å². The number of carbonyl (C=O) groups is 2. The van der Waals surface area contributed by atoms with Gasteiger partial charge in [-0.3, -0.25) is 4.79 Å². The monoisotopic (exact) mass is 324 g/mol. The molecular weight excluding hydrogens is 308 g/mol. The van der Waals surface area contributed by atoms with E-state index in [2.05, 4.69) is 4.79 Å². The van der Waals surface area contributed by atoms with Gasteiger partial charge in [-0.25, -0.2) is 4.79 Å². The molecule has 0 aliphatic carbocycles. The molecule has 2 aromatic carbocycles. The van der Waals surface area contributed by atoms with E-state index in [-0.39, 0.29) is 17.7 Å². The molecule has 122 valence electrons. The minimum Gasteiger partial charge on any atom is -0.457 e. The van der Waals surface area contributed by atoms with Gasteiger partial charge in [0.15, 0.2) is 0 Å². The van der Waals surface area contributed by atoms with Crippen molar-refractivity contribution in [3.05, 3.63) is 77.3 Å². The van der Waals surface area contributed by atoms with Crippen LogP contribution in [0.3, 0.4) is 0 Å². The summed E-state index contributed by atoms with van der Waals surface area (Å²) in [4.78, 5) is 27.9. The summed E-state index contributed by atoms with van der Waals surface area (Å²) in [5, 5.41) is 11.1. The molecule has 0 amide bonds. The third-order valence-electron chi connectivity index (χ3n) is 3.47. The zero-order chi connectivity index (χ0) is 17.6. The molecule has 1 unspecified atom stereocenters. The molecular formula is C18H16N2O4. The van der Waals surface area contributed by atoms with Gasteiger partial charge in [-0.1, -0.05) is 60.7 Å². The number of ketones is 1. The fraction of sp³-hybridized carbons (Fsp3) is 0.167. The summed E-state index contributed by atoms with van der Waals surface area (Å²) in [5.41, 5.74) is 6.29. The molecule has 0 saturated heterocycles. The van der Waals surface area contributed by atoms with Gasteiger partial charge < -0.3 is 15.4 Å². The van der Waals surface area contributed by atoms with E-state index < -0.39 is 23.1 Å². The Balaban J connectivity index is 2.65. The number of hydrogen-bond donors (Lipinski definition) is 1. The van der Waals surface area contributed by atoms with Crippen molar-refractivity contribution in [1.29, 1.82) is 0 Å². The molecule has 24 heavy (non-hydrogen) atoms. The number of ether oxygens (including phenoxy) is 1. The molecule has 0 saturated carbocycles. The van der Waals surface area contributed by atoms with Crippen LogP contribution in [0.4, 0.5) is 0 Å². The van der Waals surface area contributed by atoms with E-state index in [1.54, 1.807) is 43.3 Å². The van der Waals surface area contributed by atoms with Crippen molar-refractivity contribution in [3.63, 3.8) is 0 Å². The number of hydrogen-bond acceptors (Lipinski definition) is 4. The maximum Gasteiger partial charge on any atom is 0.421 e. The molecule has 0 radical (unpaired) electrons. The van der Waals surface area contributed by atoms with Crippen LogP contribution in [0.15, 0.2) is 60.7 Å². The average Bonchev–Trinajstić information content (AvgIpc) is 2.63. The van der Waals surface area contributed by atoms with E-state index in [4.69, 9.17) is 4.74 Å². The van der Waals surface area contributed by atoms with E-state index >= 15 is 0 Å². The number of carbonyl (C=O) groups excluding carboxylic acids is 2. The lowest BCUT2D eigenvalue weighted by molar-refractivity contribution is -0.142. The van der Waals surface area contributed by atoms with Crippen LogP contribution < -0.4 is 0 Å². The van der Waals surface area contributed by atoms with Crippen LogP contribution >= 0.6 is 0 Å². The smallest absolute Gasteiger partial charge is 0.421 e. The summed E-state index contributed by atoms with van der Waals surface area (Å²) in [7, 11) is 0. The Kier molecular flexibility index (Phi) is 5.37. The van der Waals surface area contributed by atoms with E-state index in [0.717, 1.165) is 0 Å². The van der Waals surface area contributed by atoms with Crippen LogP contribution in [0.1, 0.15) is 22.8 Å². The fourth-order valence-electron chi connectivity index (χ4n) is 2.31. The van der Waals surface area contributed by atoms with Crippen molar-refractivity contribution in [1.82, 2.24) is 0 Å². The second-order valence-corrected chi connectivity index (χ2v) is 4.94. The van der Waals surface area contributed by atoms with Gasteiger partial charge in [0.1, 0.15) is 0 Å². The zero-order valence-electron chi connectivity index (χ0n) is 13.0. The molecule has 0 aromatic heterocycles. The molecule has 0 bridgehead atoms. The molecule has 0 fully saturated rings. The minimum atomic E-state index is -2.47. The van der Waals surface area contributed by atoms with Gasteiger partial charge in [-0.15, -0.1) is 0 Å². The number of aliphatic hydroxyl groups is 1. The van der Waals surface area contributed by atoms with Crippen LogP contribution in [0.25, 0.3) is 5.53 Å². The standard InChI is InChI=1S/C18H16N2O4/c1-2-24-17(22)15(20-19)18(23,14-11-7-4-8-12-14)16(21)13-9-5-3-6-10-13/h3-12,23H,2H2,1H3. The number of rotatable bonds is 6. The highest BCUT2D eigenvalue weighted by molar-refractivity contribution is 6.43. The Morgan fingerprint density at radius 1 is 1.08 bits per heavy atom. The number of esters is 1. The highest BCUT2D eigenvalue weighted by Gasteiger charge is 2.54. The molecule has 1 N–H and O–H groups in total. The maximum absolute atomic E-state index is 12.9.